The lowest BCUT2D eigenvalue weighted by molar-refractivity contribution is -0.350. The molecular weight excluding hydrogens is 475 g/mol. The molecular formula is C16H27N2O14P-2. The van der Waals surface area contributed by atoms with Crippen LogP contribution in [0.2, 0.25) is 0 Å². The number of ether oxygens (including phenoxy) is 3. The zero-order valence-electron chi connectivity index (χ0n) is 17.5. The van der Waals surface area contributed by atoms with Gasteiger partial charge in [-0.2, -0.15) is 0 Å². The Kier molecular flexibility index (Phi) is 9.70. The van der Waals surface area contributed by atoms with Crippen molar-refractivity contribution >= 4 is 19.6 Å². The van der Waals surface area contributed by atoms with E-state index >= 15 is 0 Å². The first-order valence-electron chi connectivity index (χ1n) is 9.75. The third-order valence-corrected chi connectivity index (χ3v) is 5.47. The van der Waals surface area contributed by atoms with Crippen molar-refractivity contribution in [2.45, 2.75) is 75.1 Å². The van der Waals surface area contributed by atoms with Crippen molar-refractivity contribution in [1.82, 2.24) is 10.6 Å². The lowest BCUT2D eigenvalue weighted by atomic mass is 9.94. The molecule has 0 aromatic rings. The van der Waals surface area contributed by atoms with Crippen LogP contribution in [0.3, 0.4) is 0 Å². The fourth-order valence-corrected chi connectivity index (χ4v) is 3.86. The molecule has 0 aromatic heterocycles. The predicted octanol–water partition coefficient (Wildman–Crippen LogP) is -6.26. The molecule has 16 nitrogen and oxygen atoms in total. The highest BCUT2D eigenvalue weighted by atomic mass is 31.2. The van der Waals surface area contributed by atoms with Crippen molar-refractivity contribution in [3.8, 4) is 0 Å². The van der Waals surface area contributed by atoms with Crippen LogP contribution in [0.1, 0.15) is 13.8 Å². The van der Waals surface area contributed by atoms with Gasteiger partial charge in [0.1, 0.15) is 48.7 Å². The Morgan fingerprint density at radius 1 is 0.939 bits per heavy atom. The average molecular weight is 502 g/mol. The molecule has 2 amide bonds. The quantitative estimate of drug-likeness (QED) is 0.152. The lowest BCUT2D eigenvalue weighted by Crippen LogP contribution is -2.69. The van der Waals surface area contributed by atoms with E-state index in [1.807, 2.05) is 0 Å². The van der Waals surface area contributed by atoms with Gasteiger partial charge in [0.15, 0.2) is 12.6 Å². The summed E-state index contributed by atoms with van der Waals surface area (Å²) in [5, 5.41) is 55.4. The number of carbonyl (C=O) groups excluding carboxylic acids is 2. The number of hydrogen-bond acceptors (Lipinski definition) is 14. The van der Waals surface area contributed by atoms with Crippen molar-refractivity contribution in [2.75, 3.05) is 13.2 Å². The largest absolute Gasteiger partial charge is 0.790 e. The summed E-state index contributed by atoms with van der Waals surface area (Å²) >= 11 is 0. The molecule has 0 radical (unpaired) electrons. The topological polar surface area (TPSA) is 259 Å². The fraction of sp³-hybridized carbons (Fsp3) is 0.875. The first-order valence-corrected chi connectivity index (χ1v) is 11.2. The van der Waals surface area contributed by atoms with Crippen LogP contribution in [0, 0.1) is 0 Å². The smallest absolute Gasteiger partial charge is 0.217 e. The van der Waals surface area contributed by atoms with Crippen molar-refractivity contribution in [1.29, 1.82) is 0 Å². The van der Waals surface area contributed by atoms with E-state index in [9.17, 15) is 49.5 Å². The SMILES string of the molecule is CC(=O)N[C@H]1[C@H](O[C@H]2[C@H](O)[C@@H](NC(C)=O)C(O)O[C@@H]2CO)O[C@H](COP(=O)([O-])[O-])[C@@H](O)[C@@H]1O. The minimum absolute atomic E-state index is 0.636. The second-order valence-electron chi connectivity index (χ2n) is 7.56. The Hall–Kier alpha value is -1.27. The summed E-state index contributed by atoms with van der Waals surface area (Å²) in [5.41, 5.74) is 0. The summed E-state index contributed by atoms with van der Waals surface area (Å²) in [6, 6.07) is -2.88. The van der Waals surface area contributed by atoms with Gasteiger partial charge in [-0.15, -0.1) is 0 Å². The van der Waals surface area contributed by atoms with Crippen LogP contribution in [0.25, 0.3) is 0 Å². The normalized spacial score (nSPS) is 39.7. The van der Waals surface area contributed by atoms with Crippen molar-refractivity contribution in [2.24, 2.45) is 0 Å². The zero-order valence-corrected chi connectivity index (χ0v) is 18.4. The number of phosphoric ester groups is 1. The third-order valence-electron chi connectivity index (χ3n) is 5.00. The first-order chi connectivity index (χ1) is 15.2. The summed E-state index contributed by atoms with van der Waals surface area (Å²) in [6.07, 6.45) is -13.3. The van der Waals surface area contributed by atoms with Crippen LogP contribution in [-0.4, -0.2) is 112 Å². The van der Waals surface area contributed by atoms with E-state index in [4.69, 9.17) is 14.2 Å². The second kappa shape index (κ2) is 11.4. The molecule has 2 aliphatic rings. The molecule has 33 heavy (non-hydrogen) atoms. The highest BCUT2D eigenvalue weighted by Crippen LogP contribution is 2.31. The lowest BCUT2D eigenvalue weighted by Gasteiger charge is -2.47. The van der Waals surface area contributed by atoms with Crippen molar-refractivity contribution < 1.29 is 68.2 Å². The number of aliphatic hydroxyl groups is 5. The molecule has 0 bridgehead atoms. The maximum Gasteiger partial charge on any atom is 0.217 e. The van der Waals surface area contributed by atoms with E-state index in [2.05, 4.69) is 15.2 Å². The van der Waals surface area contributed by atoms with Gasteiger partial charge in [-0.25, -0.2) is 0 Å². The minimum Gasteiger partial charge on any atom is -0.790 e. The maximum absolute atomic E-state index is 11.6. The average Bonchev–Trinajstić information content (AvgIpc) is 2.70. The van der Waals surface area contributed by atoms with E-state index < -0.39 is 94.1 Å². The van der Waals surface area contributed by atoms with Gasteiger partial charge in [-0.1, -0.05) is 0 Å². The first kappa shape index (κ1) is 28.0. The van der Waals surface area contributed by atoms with E-state index in [0.29, 0.717) is 0 Å². The molecule has 7 N–H and O–H groups in total. The molecule has 192 valence electrons. The van der Waals surface area contributed by atoms with Gasteiger partial charge < -0.3 is 69.3 Å². The monoisotopic (exact) mass is 502 g/mol. The number of amides is 2. The Morgan fingerprint density at radius 3 is 2.03 bits per heavy atom. The molecule has 17 heteroatoms. The molecule has 2 saturated heterocycles. The Morgan fingerprint density at radius 2 is 1.52 bits per heavy atom. The summed E-state index contributed by atoms with van der Waals surface area (Å²) in [6.45, 7) is 0.401. The van der Waals surface area contributed by atoms with Crippen LogP contribution in [0.4, 0.5) is 0 Å². The van der Waals surface area contributed by atoms with Gasteiger partial charge in [0, 0.05) is 13.8 Å². The van der Waals surface area contributed by atoms with Gasteiger partial charge in [0.2, 0.25) is 11.8 Å². The fourth-order valence-electron chi connectivity index (χ4n) is 3.53. The molecule has 0 saturated carbocycles. The summed E-state index contributed by atoms with van der Waals surface area (Å²) in [4.78, 5) is 44.5. The predicted molar refractivity (Wildman–Crippen MR) is 98.3 cm³/mol. The molecule has 2 rings (SSSR count). The molecule has 2 fully saturated rings. The van der Waals surface area contributed by atoms with E-state index in [-0.39, 0.29) is 0 Å². The molecule has 1 unspecified atom stereocenters. The Balaban J connectivity index is 2.29. The highest BCUT2D eigenvalue weighted by molar-refractivity contribution is 7.43. The zero-order chi connectivity index (χ0) is 25.1. The maximum atomic E-state index is 11.6. The van der Waals surface area contributed by atoms with Crippen LogP contribution in [0.5, 0.6) is 0 Å². The Labute approximate surface area is 187 Å². The number of hydrogen-bond donors (Lipinski definition) is 7. The van der Waals surface area contributed by atoms with Crippen molar-refractivity contribution in [3.63, 3.8) is 0 Å². The molecule has 0 aliphatic carbocycles. The van der Waals surface area contributed by atoms with Gasteiger partial charge in [0.25, 0.3) is 0 Å². The number of phosphoric acid groups is 1. The third kappa shape index (κ3) is 7.35. The number of aliphatic hydroxyl groups excluding tert-OH is 5. The highest BCUT2D eigenvalue weighted by Gasteiger charge is 2.51. The molecule has 10 atom stereocenters. The Bertz CT molecular complexity index is 736. The summed E-state index contributed by atoms with van der Waals surface area (Å²) in [7, 11) is -5.47. The molecule has 0 spiro atoms. The number of rotatable bonds is 8. The van der Waals surface area contributed by atoms with Crippen LogP contribution in [-0.2, 0) is 32.9 Å². The number of nitrogens with one attached hydrogen (secondary N) is 2. The minimum atomic E-state index is -5.47. The van der Waals surface area contributed by atoms with E-state index in [1.165, 1.54) is 0 Å². The summed E-state index contributed by atoms with van der Waals surface area (Å²) in [5.74, 6) is -1.32. The van der Waals surface area contributed by atoms with Gasteiger partial charge in [-0.3, -0.25) is 9.59 Å². The number of carbonyl (C=O) groups is 2. The van der Waals surface area contributed by atoms with Gasteiger partial charge in [-0.05, 0) is 0 Å². The molecule has 2 heterocycles. The van der Waals surface area contributed by atoms with Crippen LogP contribution < -0.4 is 20.4 Å². The standard InChI is InChI=1S/C16H29N2O14P/c1-5(20)17-9-13(24)14(7(3-19)30-15(9)25)32-16-10(18-6(2)21)12(23)11(22)8(31-16)4-29-33(26,27)28/h7-16,19,22-25H,3-4H2,1-2H3,(H,17,20)(H,18,21)(H2,26,27,28)/p-2/t7-,8-,9-,10-,11-,12-,13-,14-,15?,16+/m1/s1. The van der Waals surface area contributed by atoms with Gasteiger partial charge in [0.05, 0.1) is 21.0 Å². The second-order valence-corrected chi connectivity index (χ2v) is 8.71. The van der Waals surface area contributed by atoms with Gasteiger partial charge >= 0.3 is 0 Å². The summed E-state index contributed by atoms with van der Waals surface area (Å²) < 4.78 is 31.0. The van der Waals surface area contributed by atoms with Crippen LogP contribution >= 0.6 is 7.82 Å². The molecule has 0 aromatic carbocycles. The van der Waals surface area contributed by atoms with E-state index in [1.54, 1.807) is 0 Å². The van der Waals surface area contributed by atoms with Crippen molar-refractivity contribution in [3.05, 3.63) is 0 Å². The molecule has 2 aliphatic heterocycles. The van der Waals surface area contributed by atoms with E-state index in [0.717, 1.165) is 13.8 Å². The van der Waals surface area contributed by atoms with Crippen LogP contribution in [0.15, 0.2) is 0 Å².